The van der Waals surface area contributed by atoms with Crippen molar-refractivity contribution in [1.29, 1.82) is 0 Å². The van der Waals surface area contributed by atoms with Crippen molar-refractivity contribution in [2.24, 2.45) is 0 Å². The van der Waals surface area contributed by atoms with Crippen molar-refractivity contribution < 1.29 is 4.79 Å². The van der Waals surface area contributed by atoms with Gasteiger partial charge in [0.2, 0.25) is 0 Å². The standard InChI is InChI=1S/C21H23N3O/c1-21(2,14-17-6-4-3-5-7-17)23-20(25)19-10-8-18(9-11-19)15-24-13-12-22-16-24/h3-13,16H,14-15H2,1-2H3,(H,23,25). The summed E-state index contributed by atoms with van der Waals surface area (Å²) in [6, 6.07) is 17.9. The molecule has 128 valence electrons. The zero-order valence-electron chi connectivity index (χ0n) is 14.6. The Morgan fingerprint density at radius 2 is 1.76 bits per heavy atom. The minimum atomic E-state index is -0.312. The number of hydrogen-bond donors (Lipinski definition) is 1. The zero-order valence-corrected chi connectivity index (χ0v) is 14.6. The number of amides is 1. The van der Waals surface area contributed by atoms with E-state index in [2.05, 4.69) is 22.4 Å². The molecule has 1 aromatic heterocycles. The Bertz CT molecular complexity index is 806. The Balaban J connectivity index is 1.62. The van der Waals surface area contributed by atoms with E-state index >= 15 is 0 Å². The smallest absolute Gasteiger partial charge is 0.251 e. The first-order chi connectivity index (χ1) is 12.0. The largest absolute Gasteiger partial charge is 0.347 e. The summed E-state index contributed by atoms with van der Waals surface area (Å²) in [4.78, 5) is 16.6. The highest BCUT2D eigenvalue weighted by atomic mass is 16.1. The fourth-order valence-corrected chi connectivity index (χ4v) is 2.88. The number of rotatable bonds is 6. The van der Waals surface area contributed by atoms with Gasteiger partial charge in [0.05, 0.1) is 6.33 Å². The maximum atomic E-state index is 12.6. The molecule has 4 nitrogen and oxygen atoms in total. The number of carbonyl (C=O) groups excluding carboxylic acids is 1. The van der Waals surface area contributed by atoms with Gasteiger partial charge in [0.1, 0.15) is 0 Å². The van der Waals surface area contributed by atoms with Gasteiger partial charge in [-0.25, -0.2) is 4.98 Å². The molecule has 0 aliphatic heterocycles. The average Bonchev–Trinajstić information content (AvgIpc) is 3.08. The van der Waals surface area contributed by atoms with Crippen molar-refractivity contribution in [3.05, 3.63) is 90.0 Å². The van der Waals surface area contributed by atoms with Gasteiger partial charge in [-0.3, -0.25) is 4.79 Å². The van der Waals surface area contributed by atoms with E-state index in [4.69, 9.17) is 0 Å². The van der Waals surface area contributed by atoms with Crippen molar-refractivity contribution in [2.75, 3.05) is 0 Å². The quantitative estimate of drug-likeness (QED) is 0.748. The van der Waals surface area contributed by atoms with Gasteiger partial charge in [0, 0.05) is 30.0 Å². The fraction of sp³-hybridized carbons (Fsp3) is 0.238. The predicted octanol–water partition coefficient (Wildman–Crippen LogP) is 3.68. The maximum absolute atomic E-state index is 12.6. The first-order valence-electron chi connectivity index (χ1n) is 8.43. The van der Waals surface area contributed by atoms with Gasteiger partial charge in [-0.05, 0) is 43.5 Å². The highest BCUT2D eigenvalue weighted by Gasteiger charge is 2.21. The molecule has 0 fully saturated rings. The lowest BCUT2D eigenvalue weighted by Crippen LogP contribution is -2.45. The SMILES string of the molecule is CC(C)(Cc1ccccc1)NC(=O)c1ccc(Cn2ccnc2)cc1. The van der Waals surface area contributed by atoms with Crippen LogP contribution in [-0.4, -0.2) is 21.0 Å². The lowest BCUT2D eigenvalue weighted by atomic mass is 9.94. The fourth-order valence-electron chi connectivity index (χ4n) is 2.88. The van der Waals surface area contributed by atoms with Crippen molar-refractivity contribution in [1.82, 2.24) is 14.9 Å². The Kier molecular flexibility index (Phi) is 4.98. The van der Waals surface area contributed by atoms with Gasteiger partial charge in [-0.2, -0.15) is 0 Å². The van der Waals surface area contributed by atoms with Crippen molar-refractivity contribution in [3.8, 4) is 0 Å². The average molecular weight is 333 g/mol. The summed E-state index contributed by atoms with van der Waals surface area (Å²) >= 11 is 0. The van der Waals surface area contributed by atoms with Crippen molar-refractivity contribution >= 4 is 5.91 Å². The van der Waals surface area contributed by atoms with Gasteiger partial charge >= 0.3 is 0 Å². The third-order valence-electron chi connectivity index (χ3n) is 4.08. The minimum Gasteiger partial charge on any atom is -0.347 e. The van der Waals surface area contributed by atoms with E-state index in [0.29, 0.717) is 5.56 Å². The van der Waals surface area contributed by atoms with Crippen LogP contribution in [0.5, 0.6) is 0 Å². The lowest BCUT2D eigenvalue weighted by molar-refractivity contribution is 0.0913. The molecule has 3 rings (SSSR count). The molecule has 0 saturated heterocycles. The Morgan fingerprint density at radius 1 is 1.04 bits per heavy atom. The third-order valence-corrected chi connectivity index (χ3v) is 4.08. The second-order valence-electron chi connectivity index (χ2n) is 6.93. The van der Waals surface area contributed by atoms with Gasteiger partial charge in [0.15, 0.2) is 0 Å². The van der Waals surface area contributed by atoms with Crippen LogP contribution in [0.3, 0.4) is 0 Å². The first kappa shape index (κ1) is 17.0. The number of hydrogen-bond acceptors (Lipinski definition) is 2. The van der Waals surface area contributed by atoms with Crippen LogP contribution in [0.1, 0.15) is 35.3 Å². The normalized spacial score (nSPS) is 11.3. The highest BCUT2D eigenvalue weighted by Crippen LogP contribution is 2.14. The number of aromatic nitrogens is 2. The number of imidazole rings is 1. The molecule has 0 aliphatic rings. The molecular formula is C21H23N3O. The Hall–Kier alpha value is -2.88. The molecule has 0 saturated carbocycles. The van der Waals surface area contributed by atoms with Gasteiger partial charge in [-0.1, -0.05) is 42.5 Å². The van der Waals surface area contributed by atoms with Crippen LogP contribution in [0.15, 0.2) is 73.3 Å². The van der Waals surface area contributed by atoms with Crippen LogP contribution in [0, 0.1) is 0 Å². The molecule has 0 unspecified atom stereocenters. The van der Waals surface area contributed by atoms with E-state index in [0.717, 1.165) is 18.5 Å². The van der Waals surface area contributed by atoms with Gasteiger partial charge in [0.25, 0.3) is 5.91 Å². The van der Waals surface area contributed by atoms with E-state index < -0.39 is 0 Å². The maximum Gasteiger partial charge on any atom is 0.251 e. The third kappa shape index (κ3) is 4.80. The first-order valence-corrected chi connectivity index (χ1v) is 8.43. The molecule has 0 aliphatic carbocycles. The van der Waals surface area contributed by atoms with E-state index in [9.17, 15) is 4.79 Å². The second-order valence-corrected chi connectivity index (χ2v) is 6.93. The molecule has 3 aromatic rings. The molecule has 1 amide bonds. The van der Waals surface area contributed by atoms with Crippen molar-refractivity contribution in [2.45, 2.75) is 32.4 Å². The van der Waals surface area contributed by atoms with Crippen LogP contribution in [0.2, 0.25) is 0 Å². The molecule has 4 heteroatoms. The molecule has 2 aromatic carbocycles. The van der Waals surface area contributed by atoms with Gasteiger partial charge < -0.3 is 9.88 Å². The predicted molar refractivity (Wildman–Crippen MR) is 99.5 cm³/mol. The summed E-state index contributed by atoms with van der Waals surface area (Å²) in [6.07, 6.45) is 6.26. The molecule has 0 bridgehead atoms. The summed E-state index contributed by atoms with van der Waals surface area (Å²) in [5, 5.41) is 3.13. The molecule has 0 spiro atoms. The van der Waals surface area contributed by atoms with E-state index in [1.807, 2.05) is 67.1 Å². The molecule has 1 heterocycles. The molecule has 0 radical (unpaired) electrons. The number of benzene rings is 2. The van der Waals surface area contributed by atoms with Crippen LogP contribution in [0.4, 0.5) is 0 Å². The molecule has 1 N–H and O–H groups in total. The molecule has 25 heavy (non-hydrogen) atoms. The zero-order chi connectivity index (χ0) is 17.7. The Morgan fingerprint density at radius 3 is 2.40 bits per heavy atom. The number of nitrogens with zero attached hydrogens (tertiary/aromatic N) is 2. The van der Waals surface area contributed by atoms with Gasteiger partial charge in [-0.15, -0.1) is 0 Å². The van der Waals surface area contributed by atoms with E-state index in [1.165, 1.54) is 5.56 Å². The monoisotopic (exact) mass is 333 g/mol. The molecule has 0 atom stereocenters. The summed E-state index contributed by atoms with van der Waals surface area (Å²) in [5.74, 6) is -0.0462. The summed E-state index contributed by atoms with van der Waals surface area (Å²) < 4.78 is 2.00. The van der Waals surface area contributed by atoms with Crippen molar-refractivity contribution in [3.63, 3.8) is 0 Å². The van der Waals surface area contributed by atoms with E-state index in [-0.39, 0.29) is 11.4 Å². The topological polar surface area (TPSA) is 46.9 Å². The number of carbonyl (C=O) groups is 1. The molecular weight excluding hydrogens is 310 g/mol. The highest BCUT2D eigenvalue weighted by molar-refractivity contribution is 5.94. The van der Waals surface area contributed by atoms with Crippen LogP contribution < -0.4 is 5.32 Å². The minimum absolute atomic E-state index is 0.0462. The summed E-state index contributed by atoms with van der Waals surface area (Å²) in [7, 11) is 0. The number of nitrogens with one attached hydrogen (secondary N) is 1. The van der Waals surface area contributed by atoms with Crippen LogP contribution in [0.25, 0.3) is 0 Å². The summed E-state index contributed by atoms with van der Waals surface area (Å²) in [5.41, 5.74) is 2.71. The van der Waals surface area contributed by atoms with Crippen LogP contribution >= 0.6 is 0 Å². The van der Waals surface area contributed by atoms with Crippen LogP contribution in [-0.2, 0) is 13.0 Å². The lowest BCUT2D eigenvalue weighted by Gasteiger charge is -2.26. The Labute approximate surface area is 148 Å². The second kappa shape index (κ2) is 7.34. The summed E-state index contributed by atoms with van der Waals surface area (Å²) in [6.45, 7) is 4.85. The van der Waals surface area contributed by atoms with E-state index in [1.54, 1.807) is 12.5 Å².